The van der Waals surface area contributed by atoms with Crippen molar-refractivity contribution in [1.29, 1.82) is 0 Å². The zero-order valence-electron chi connectivity index (χ0n) is 13.1. The van der Waals surface area contributed by atoms with E-state index in [-0.39, 0.29) is 5.91 Å². The van der Waals surface area contributed by atoms with Crippen molar-refractivity contribution in [2.75, 3.05) is 11.9 Å². The van der Waals surface area contributed by atoms with Gasteiger partial charge in [0.15, 0.2) is 5.96 Å². The van der Waals surface area contributed by atoms with Crippen LogP contribution in [0.25, 0.3) is 0 Å². The summed E-state index contributed by atoms with van der Waals surface area (Å²) in [5.74, 6) is 0.906. The molecule has 0 atom stereocenters. The Morgan fingerprint density at radius 2 is 2.14 bits per heavy atom. The Bertz CT molecular complexity index is 523. The molecule has 0 spiro atoms. The first-order valence-electron chi connectivity index (χ1n) is 7.93. The number of aliphatic imine (C=N–C) groups is 1. The average Bonchev–Trinajstić information content (AvgIpc) is 2.48. The van der Waals surface area contributed by atoms with Gasteiger partial charge in [-0.25, -0.2) is 4.98 Å². The maximum absolute atomic E-state index is 11.8. The first-order valence-corrected chi connectivity index (χ1v) is 7.93. The fourth-order valence-electron chi connectivity index (χ4n) is 2.60. The van der Waals surface area contributed by atoms with E-state index in [0.717, 1.165) is 18.5 Å². The molecule has 6 nitrogen and oxygen atoms in total. The van der Waals surface area contributed by atoms with Crippen LogP contribution >= 0.6 is 0 Å². The smallest absolute Gasteiger partial charge is 0.227 e. The van der Waals surface area contributed by atoms with Gasteiger partial charge in [0, 0.05) is 18.2 Å². The van der Waals surface area contributed by atoms with Gasteiger partial charge in [-0.15, -0.1) is 0 Å². The van der Waals surface area contributed by atoms with Gasteiger partial charge in [0.2, 0.25) is 5.91 Å². The highest BCUT2D eigenvalue weighted by Gasteiger charge is 2.13. The molecule has 1 aromatic rings. The minimum absolute atomic E-state index is 0.104. The Kier molecular flexibility index (Phi) is 6.18. The van der Waals surface area contributed by atoms with Crippen LogP contribution in [-0.2, 0) is 4.79 Å². The quantitative estimate of drug-likeness (QED) is 0.572. The van der Waals surface area contributed by atoms with Gasteiger partial charge in [0.1, 0.15) is 5.82 Å². The topological polar surface area (TPSA) is 92.4 Å². The second-order valence-corrected chi connectivity index (χ2v) is 5.71. The second-order valence-electron chi connectivity index (χ2n) is 5.71. The lowest BCUT2D eigenvalue weighted by Crippen LogP contribution is -2.41. The SMILES string of the molecule is Cc1cccc(NC(=O)CCN=C(N)NC2CCCCC2)n1. The Balaban J connectivity index is 1.70. The highest BCUT2D eigenvalue weighted by atomic mass is 16.1. The summed E-state index contributed by atoms with van der Waals surface area (Å²) in [6.45, 7) is 2.26. The monoisotopic (exact) mass is 303 g/mol. The van der Waals surface area contributed by atoms with E-state index < -0.39 is 0 Å². The Labute approximate surface area is 131 Å². The molecule has 4 N–H and O–H groups in total. The number of carbonyl (C=O) groups is 1. The molecule has 1 aromatic heterocycles. The van der Waals surface area contributed by atoms with E-state index in [1.807, 2.05) is 19.1 Å². The molecule has 1 saturated carbocycles. The molecule has 1 amide bonds. The molecule has 0 aliphatic heterocycles. The zero-order chi connectivity index (χ0) is 15.8. The second kappa shape index (κ2) is 8.36. The van der Waals surface area contributed by atoms with Crippen molar-refractivity contribution in [2.45, 2.75) is 51.5 Å². The van der Waals surface area contributed by atoms with Gasteiger partial charge in [-0.05, 0) is 31.9 Å². The van der Waals surface area contributed by atoms with Crippen LogP contribution < -0.4 is 16.4 Å². The molecule has 0 radical (unpaired) electrons. The van der Waals surface area contributed by atoms with E-state index in [1.54, 1.807) is 6.07 Å². The number of anilines is 1. The van der Waals surface area contributed by atoms with Crippen LogP contribution in [0.2, 0.25) is 0 Å². The number of hydrogen-bond donors (Lipinski definition) is 3. The van der Waals surface area contributed by atoms with Gasteiger partial charge in [-0.2, -0.15) is 0 Å². The summed E-state index contributed by atoms with van der Waals surface area (Å²) in [5, 5.41) is 5.99. The Hall–Kier alpha value is -2.11. The van der Waals surface area contributed by atoms with Gasteiger partial charge in [-0.1, -0.05) is 25.3 Å². The van der Waals surface area contributed by atoms with Crippen molar-refractivity contribution in [3.8, 4) is 0 Å². The molecule has 0 unspecified atom stereocenters. The molecule has 0 bridgehead atoms. The van der Waals surface area contributed by atoms with Crippen LogP contribution in [0.3, 0.4) is 0 Å². The fraction of sp³-hybridized carbons (Fsp3) is 0.562. The van der Waals surface area contributed by atoms with Gasteiger partial charge < -0.3 is 16.4 Å². The van der Waals surface area contributed by atoms with Crippen LogP contribution in [0.4, 0.5) is 5.82 Å². The predicted octanol–water partition coefficient (Wildman–Crippen LogP) is 1.96. The summed E-state index contributed by atoms with van der Waals surface area (Å²) in [4.78, 5) is 20.3. The number of aryl methyl sites for hydroxylation is 1. The van der Waals surface area contributed by atoms with Crippen molar-refractivity contribution in [3.05, 3.63) is 23.9 Å². The number of carbonyl (C=O) groups excluding carboxylic acids is 1. The summed E-state index contributed by atoms with van der Waals surface area (Å²) in [6.07, 6.45) is 6.39. The molecule has 22 heavy (non-hydrogen) atoms. The van der Waals surface area contributed by atoms with E-state index in [4.69, 9.17) is 5.73 Å². The number of nitrogens with one attached hydrogen (secondary N) is 2. The van der Waals surface area contributed by atoms with E-state index in [9.17, 15) is 4.79 Å². The number of hydrogen-bond acceptors (Lipinski definition) is 3. The fourth-order valence-corrected chi connectivity index (χ4v) is 2.60. The van der Waals surface area contributed by atoms with Crippen LogP contribution in [0.1, 0.15) is 44.2 Å². The number of amides is 1. The molecular formula is C16H25N5O. The molecule has 1 fully saturated rings. The third kappa shape index (κ3) is 5.71. The third-order valence-corrected chi connectivity index (χ3v) is 3.73. The summed E-state index contributed by atoms with van der Waals surface area (Å²) >= 11 is 0. The Morgan fingerprint density at radius 1 is 1.36 bits per heavy atom. The standard InChI is InChI=1S/C16H25N5O/c1-12-6-5-9-14(19-12)21-15(22)10-11-18-16(17)20-13-7-3-2-4-8-13/h5-6,9,13H,2-4,7-8,10-11H2,1H3,(H3,17,18,20)(H,19,21,22). The number of nitrogens with two attached hydrogens (primary N) is 1. The maximum atomic E-state index is 11.8. The van der Waals surface area contributed by atoms with Gasteiger partial charge in [0.25, 0.3) is 0 Å². The summed E-state index contributed by atoms with van der Waals surface area (Å²) in [5.41, 5.74) is 6.73. The van der Waals surface area contributed by atoms with E-state index in [1.165, 1.54) is 19.3 Å². The first kappa shape index (κ1) is 16.3. The molecule has 6 heteroatoms. The molecule has 0 aromatic carbocycles. The minimum Gasteiger partial charge on any atom is -0.370 e. The van der Waals surface area contributed by atoms with Crippen molar-refractivity contribution >= 4 is 17.7 Å². The zero-order valence-corrected chi connectivity index (χ0v) is 13.1. The number of aromatic nitrogens is 1. The van der Waals surface area contributed by atoms with Crippen LogP contribution in [0.15, 0.2) is 23.2 Å². The molecule has 1 aliphatic carbocycles. The van der Waals surface area contributed by atoms with Crippen molar-refractivity contribution in [2.24, 2.45) is 10.7 Å². The van der Waals surface area contributed by atoms with Crippen LogP contribution in [0.5, 0.6) is 0 Å². The van der Waals surface area contributed by atoms with Crippen LogP contribution in [-0.4, -0.2) is 29.4 Å². The molecular weight excluding hydrogens is 278 g/mol. The van der Waals surface area contributed by atoms with E-state index >= 15 is 0 Å². The summed E-state index contributed by atoms with van der Waals surface area (Å²) in [7, 11) is 0. The van der Waals surface area contributed by atoms with Crippen molar-refractivity contribution in [1.82, 2.24) is 10.3 Å². The molecule has 1 aliphatic rings. The summed E-state index contributed by atoms with van der Waals surface area (Å²) in [6, 6.07) is 5.95. The van der Waals surface area contributed by atoms with Crippen LogP contribution in [0, 0.1) is 6.92 Å². The van der Waals surface area contributed by atoms with Crippen molar-refractivity contribution in [3.63, 3.8) is 0 Å². The molecule has 0 saturated heterocycles. The molecule has 1 heterocycles. The van der Waals surface area contributed by atoms with Gasteiger partial charge in [-0.3, -0.25) is 9.79 Å². The van der Waals surface area contributed by atoms with E-state index in [0.29, 0.717) is 30.8 Å². The first-order chi connectivity index (χ1) is 10.6. The normalized spacial score (nSPS) is 16.3. The molecule has 120 valence electrons. The lowest BCUT2D eigenvalue weighted by Gasteiger charge is -2.23. The number of guanidine groups is 1. The highest BCUT2D eigenvalue weighted by molar-refractivity contribution is 5.90. The largest absolute Gasteiger partial charge is 0.370 e. The van der Waals surface area contributed by atoms with Gasteiger partial charge >= 0.3 is 0 Å². The lowest BCUT2D eigenvalue weighted by atomic mass is 9.96. The lowest BCUT2D eigenvalue weighted by molar-refractivity contribution is -0.116. The maximum Gasteiger partial charge on any atom is 0.227 e. The predicted molar refractivity (Wildman–Crippen MR) is 88.7 cm³/mol. The number of pyridine rings is 1. The number of rotatable bonds is 5. The molecule has 2 rings (SSSR count). The Morgan fingerprint density at radius 3 is 2.86 bits per heavy atom. The number of nitrogens with zero attached hydrogens (tertiary/aromatic N) is 2. The average molecular weight is 303 g/mol. The highest BCUT2D eigenvalue weighted by Crippen LogP contribution is 2.16. The minimum atomic E-state index is -0.104. The summed E-state index contributed by atoms with van der Waals surface area (Å²) < 4.78 is 0. The van der Waals surface area contributed by atoms with Crippen molar-refractivity contribution < 1.29 is 4.79 Å². The van der Waals surface area contributed by atoms with Gasteiger partial charge in [0.05, 0.1) is 6.54 Å². The van der Waals surface area contributed by atoms with E-state index in [2.05, 4.69) is 20.6 Å². The third-order valence-electron chi connectivity index (χ3n) is 3.73.